The lowest BCUT2D eigenvalue weighted by Crippen LogP contribution is -2.40. The summed E-state index contributed by atoms with van der Waals surface area (Å²) in [5, 5.41) is 3.28. The van der Waals surface area contributed by atoms with Gasteiger partial charge in [-0.3, -0.25) is 4.79 Å². The van der Waals surface area contributed by atoms with Crippen LogP contribution in [0, 0.1) is 0 Å². The Morgan fingerprint density at radius 1 is 1.28 bits per heavy atom. The third-order valence-electron chi connectivity index (χ3n) is 2.77. The van der Waals surface area contributed by atoms with Crippen LogP contribution in [-0.2, 0) is 16.0 Å². The van der Waals surface area contributed by atoms with Crippen LogP contribution < -0.4 is 5.32 Å². The molecule has 1 rings (SSSR count). The predicted octanol–water partition coefficient (Wildman–Crippen LogP) is 2.55. The monoisotopic (exact) mass is 249 g/mol. The lowest BCUT2D eigenvalue weighted by molar-refractivity contribution is -0.145. The molecule has 0 aliphatic heterocycles. The number of carbonyl (C=O) groups excluding carboxylic acids is 1. The van der Waals surface area contributed by atoms with Gasteiger partial charge in [-0.25, -0.2) is 0 Å². The van der Waals surface area contributed by atoms with Crippen LogP contribution in [0.2, 0.25) is 0 Å². The summed E-state index contributed by atoms with van der Waals surface area (Å²) in [6, 6.07) is 9.79. The van der Waals surface area contributed by atoms with Crippen LogP contribution in [0.15, 0.2) is 30.3 Å². The Bertz CT molecular complexity index is 338. The molecule has 0 fully saturated rings. The van der Waals surface area contributed by atoms with Crippen LogP contribution >= 0.6 is 0 Å². The minimum absolute atomic E-state index is 0.155. The molecule has 100 valence electrons. The van der Waals surface area contributed by atoms with E-state index in [1.165, 1.54) is 0 Å². The van der Waals surface area contributed by atoms with Gasteiger partial charge in [-0.05, 0) is 31.9 Å². The van der Waals surface area contributed by atoms with Gasteiger partial charge in [0.2, 0.25) is 0 Å². The molecule has 0 saturated carbocycles. The fraction of sp³-hybridized carbons (Fsp3) is 0.533. The fourth-order valence-electron chi connectivity index (χ4n) is 1.78. The van der Waals surface area contributed by atoms with Gasteiger partial charge < -0.3 is 10.1 Å². The molecule has 1 aromatic carbocycles. The van der Waals surface area contributed by atoms with Crippen LogP contribution in [0.1, 0.15) is 32.3 Å². The number of esters is 1. The number of hydrogen-bond donors (Lipinski definition) is 1. The molecule has 0 aliphatic carbocycles. The lowest BCUT2D eigenvalue weighted by atomic mass is 10.1. The summed E-state index contributed by atoms with van der Waals surface area (Å²) in [6.07, 6.45) is 2.88. The predicted molar refractivity (Wildman–Crippen MR) is 73.5 cm³/mol. The zero-order chi connectivity index (χ0) is 13.2. The molecule has 0 heterocycles. The minimum Gasteiger partial charge on any atom is -0.465 e. The van der Waals surface area contributed by atoms with E-state index in [1.54, 1.807) is 0 Å². The number of benzene rings is 1. The van der Waals surface area contributed by atoms with Crippen LogP contribution in [0.3, 0.4) is 0 Å². The molecule has 18 heavy (non-hydrogen) atoms. The Kier molecular flexibility index (Phi) is 7.11. The smallest absolute Gasteiger partial charge is 0.323 e. The quantitative estimate of drug-likeness (QED) is 0.568. The first-order chi connectivity index (χ1) is 8.77. The molecule has 0 saturated heterocycles. The summed E-state index contributed by atoms with van der Waals surface area (Å²) in [5.41, 5.74) is 1.15. The number of unbranched alkanes of at least 4 members (excludes halogenated alkanes) is 1. The molecule has 3 nitrogen and oxygen atoms in total. The first kappa shape index (κ1) is 14.7. The molecule has 0 amide bonds. The number of rotatable bonds is 8. The maximum Gasteiger partial charge on any atom is 0.323 e. The summed E-state index contributed by atoms with van der Waals surface area (Å²) >= 11 is 0. The van der Waals surface area contributed by atoms with Gasteiger partial charge in [0, 0.05) is 0 Å². The zero-order valence-corrected chi connectivity index (χ0v) is 11.3. The SMILES string of the molecule is CCCCN[C@@H](Cc1ccccc1)C(=O)OCC. The van der Waals surface area contributed by atoms with Crippen molar-refractivity contribution in [2.75, 3.05) is 13.2 Å². The average molecular weight is 249 g/mol. The number of carbonyl (C=O) groups is 1. The van der Waals surface area contributed by atoms with Crippen molar-refractivity contribution in [3.05, 3.63) is 35.9 Å². The molecule has 0 bridgehead atoms. The van der Waals surface area contributed by atoms with Gasteiger partial charge >= 0.3 is 5.97 Å². The molecule has 0 aliphatic rings. The van der Waals surface area contributed by atoms with Gasteiger partial charge in [0.25, 0.3) is 0 Å². The van der Waals surface area contributed by atoms with E-state index in [1.807, 2.05) is 37.3 Å². The molecule has 0 unspecified atom stereocenters. The van der Waals surface area contributed by atoms with Crippen LogP contribution in [-0.4, -0.2) is 25.2 Å². The molecule has 0 radical (unpaired) electrons. The van der Waals surface area contributed by atoms with Gasteiger partial charge in [0.15, 0.2) is 0 Å². The van der Waals surface area contributed by atoms with E-state index in [4.69, 9.17) is 4.74 Å². The van der Waals surface area contributed by atoms with Gasteiger partial charge in [-0.1, -0.05) is 43.7 Å². The minimum atomic E-state index is -0.237. The van der Waals surface area contributed by atoms with E-state index in [2.05, 4.69) is 12.2 Å². The Morgan fingerprint density at radius 2 is 2.00 bits per heavy atom. The van der Waals surface area contributed by atoms with Gasteiger partial charge in [-0.2, -0.15) is 0 Å². The summed E-state index contributed by atoms with van der Waals surface area (Å²) in [4.78, 5) is 11.9. The second-order valence-corrected chi connectivity index (χ2v) is 4.30. The number of nitrogens with one attached hydrogen (secondary N) is 1. The van der Waals surface area contributed by atoms with Crippen molar-refractivity contribution in [1.29, 1.82) is 0 Å². The molecule has 1 N–H and O–H groups in total. The first-order valence-electron chi connectivity index (χ1n) is 6.71. The standard InChI is InChI=1S/C15H23NO2/c1-3-5-11-16-14(15(17)18-4-2)12-13-9-7-6-8-10-13/h6-10,14,16H,3-5,11-12H2,1-2H3/t14-/m0/s1. The summed E-state index contributed by atoms with van der Waals surface area (Å²) in [7, 11) is 0. The van der Waals surface area contributed by atoms with Gasteiger partial charge in [0.05, 0.1) is 6.61 Å². The highest BCUT2D eigenvalue weighted by atomic mass is 16.5. The Balaban J connectivity index is 2.56. The van der Waals surface area contributed by atoms with Crippen LogP contribution in [0.25, 0.3) is 0 Å². The van der Waals surface area contributed by atoms with Gasteiger partial charge in [0.1, 0.15) is 6.04 Å². The maximum atomic E-state index is 11.9. The molecule has 3 heteroatoms. The van der Waals surface area contributed by atoms with Crippen LogP contribution in [0.5, 0.6) is 0 Å². The Hall–Kier alpha value is -1.35. The maximum absolute atomic E-state index is 11.9. The largest absolute Gasteiger partial charge is 0.465 e. The topological polar surface area (TPSA) is 38.3 Å². The van der Waals surface area contributed by atoms with E-state index in [9.17, 15) is 4.79 Å². The van der Waals surface area contributed by atoms with Crippen molar-refractivity contribution >= 4 is 5.97 Å². The summed E-state index contributed by atoms with van der Waals surface area (Å²) in [6.45, 7) is 5.26. The van der Waals surface area contributed by atoms with Crippen molar-refractivity contribution in [3.63, 3.8) is 0 Å². The Morgan fingerprint density at radius 3 is 2.61 bits per heavy atom. The highest BCUT2D eigenvalue weighted by molar-refractivity contribution is 5.76. The van der Waals surface area contributed by atoms with Crippen molar-refractivity contribution in [1.82, 2.24) is 5.32 Å². The molecule has 1 atom stereocenters. The van der Waals surface area contributed by atoms with Crippen molar-refractivity contribution in [2.45, 2.75) is 39.2 Å². The molecule has 1 aromatic rings. The van der Waals surface area contributed by atoms with Crippen LogP contribution in [0.4, 0.5) is 0 Å². The third-order valence-corrected chi connectivity index (χ3v) is 2.77. The third kappa shape index (κ3) is 5.32. The number of ether oxygens (including phenoxy) is 1. The number of hydrogen-bond acceptors (Lipinski definition) is 3. The van der Waals surface area contributed by atoms with E-state index in [0.717, 1.165) is 24.9 Å². The summed E-state index contributed by atoms with van der Waals surface area (Å²) < 4.78 is 5.11. The highest BCUT2D eigenvalue weighted by Gasteiger charge is 2.19. The first-order valence-corrected chi connectivity index (χ1v) is 6.71. The molecular weight excluding hydrogens is 226 g/mol. The fourth-order valence-corrected chi connectivity index (χ4v) is 1.78. The average Bonchev–Trinajstić information content (AvgIpc) is 2.39. The zero-order valence-electron chi connectivity index (χ0n) is 11.3. The van der Waals surface area contributed by atoms with E-state index < -0.39 is 0 Å². The second kappa shape index (κ2) is 8.70. The van der Waals surface area contributed by atoms with E-state index in [-0.39, 0.29) is 12.0 Å². The lowest BCUT2D eigenvalue weighted by Gasteiger charge is -2.17. The normalized spacial score (nSPS) is 12.1. The van der Waals surface area contributed by atoms with Gasteiger partial charge in [-0.15, -0.1) is 0 Å². The second-order valence-electron chi connectivity index (χ2n) is 4.30. The Labute approximate surface area is 110 Å². The molecule has 0 spiro atoms. The van der Waals surface area contributed by atoms with E-state index in [0.29, 0.717) is 13.0 Å². The summed E-state index contributed by atoms with van der Waals surface area (Å²) in [5.74, 6) is -0.155. The van der Waals surface area contributed by atoms with Crippen molar-refractivity contribution in [3.8, 4) is 0 Å². The molecule has 0 aromatic heterocycles. The van der Waals surface area contributed by atoms with Crippen molar-refractivity contribution in [2.24, 2.45) is 0 Å². The molecular formula is C15H23NO2. The highest BCUT2D eigenvalue weighted by Crippen LogP contribution is 2.05. The van der Waals surface area contributed by atoms with E-state index >= 15 is 0 Å². The van der Waals surface area contributed by atoms with Crippen molar-refractivity contribution < 1.29 is 9.53 Å².